The molecule has 2 N–H and O–H groups in total. The van der Waals surface area contributed by atoms with Gasteiger partial charge in [-0.3, -0.25) is 14.5 Å². The third-order valence-electron chi connectivity index (χ3n) is 5.63. The molecule has 3 aromatic rings. The number of rotatable bonds is 5. The number of thioether (sulfide) groups is 1. The molecule has 0 atom stereocenters. The molecule has 30 heavy (non-hydrogen) atoms. The van der Waals surface area contributed by atoms with Crippen LogP contribution in [0.5, 0.6) is 0 Å². The van der Waals surface area contributed by atoms with Gasteiger partial charge < -0.3 is 10.3 Å². The molecule has 1 aliphatic rings. The largest absolute Gasteiger partial charge is 0.358 e. The van der Waals surface area contributed by atoms with Gasteiger partial charge in [0.1, 0.15) is 0 Å². The first-order valence-corrected chi connectivity index (χ1v) is 11.5. The number of H-pyrrole nitrogens is 1. The maximum atomic E-state index is 13.0. The zero-order valence-corrected chi connectivity index (χ0v) is 18.6. The van der Waals surface area contributed by atoms with Crippen molar-refractivity contribution in [3.8, 4) is 0 Å². The number of benzene rings is 2. The Morgan fingerprint density at radius 2 is 2.00 bits per heavy atom. The van der Waals surface area contributed by atoms with Gasteiger partial charge >= 0.3 is 0 Å². The van der Waals surface area contributed by atoms with Gasteiger partial charge in [-0.1, -0.05) is 23.7 Å². The molecule has 1 aromatic heterocycles. The van der Waals surface area contributed by atoms with Crippen molar-refractivity contribution in [3.05, 3.63) is 74.0 Å². The van der Waals surface area contributed by atoms with Crippen LogP contribution in [0.15, 0.2) is 46.1 Å². The fourth-order valence-corrected chi connectivity index (χ4v) is 4.42. The molecule has 0 unspecified atom stereocenters. The van der Waals surface area contributed by atoms with Crippen LogP contribution in [-0.2, 0) is 24.3 Å². The number of aromatic nitrogens is 1. The second-order valence-corrected chi connectivity index (χ2v) is 8.88. The van der Waals surface area contributed by atoms with Gasteiger partial charge in [0.2, 0.25) is 5.91 Å². The number of carbonyl (C=O) groups is 1. The first kappa shape index (κ1) is 21.0. The summed E-state index contributed by atoms with van der Waals surface area (Å²) < 4.78 is 0. The summed E-state index contributed by atoms with van der Waals surface area (Å²) in [5.41, 5.74) is 4.49. The molecule has 1 amide bonds. The Morgan fingerprint density at radius 1 is 1.23 bits per heavy atom. The van der Waals surface area contributed by atoms with Gasteiger partial charge in [0, 0.05) is 52.6 Å². The van der Waals surface area contributed by atoms with Crippen LogP contribution in [0.4, 0.5) is 0 Å². The van der Waals surface area contributed by atoms with E-state index in [-0.39, 0.29) is 17.9 Å². The lowest BCUT2D eigenvalue weighted by Crippen LogP contribution is -2.41. The van der Waals surface area contributed by atoms with Crippen molar-refractivity contribution in [2.75, 3.05) is 19.3 Å². The van der Waals surface area contributed by atoms with Crippen molar-refractivity contribution >= 4 is 40.2 Å². The summed E-state index contributed by atoms with van der Waals surface area (Å²) >= 11 is 7.91. The van der Waals surface area contributed by atoms with Crippen molar-refractivity contribution in [3.63, 3.8) is 0 Å². The van der Waals surface area contributed by atoms with Gasteiger partial charge in [0.25, 0.3) is 0 Å². The van der Waals surface area contributed by atoms with Gasteiger partial charge in [0.05, 0.1) is 12.1 Å². The summed E-state index contributed by atoms with van der Waals surface area (Å²) in [5.74, 6) is -0.0350. The second-order valence-electron chi connectivity index (χ2n) is 7.59. The molecule has 0 aliphatic carbocycles. The first-order chi connectivity index (χ1) is 14.5. The molecule has 0 bridgehead atoms. The molecule has 7 heteroatoms. The summed E-state index contributed by atoms with van der Waals surface area (Å²) in [7, 11) is 0. The molecule has 0 saturated carbocycles. The van der Waals surface area contributed by atoms with Crippen LogP contribution >= 0.6 is 23.4 Å². The van der Waals surface area contributed by atoms with Gasteiger partial charge in [-0.15, -0.1) is 11.8 Å². The number of hydrogen-bond donors (Lipinski definition) is 2. The van der Waals surface area contributed by atoms with E-state index in [9.17, 15) is 9.59 Å². The monoisotopic (exact) mass is 441 g/mol. The highest BCUT2D eigenvalue weighted by molar-refractivity contribution is 7.98. The third-order valence-corrected chi connectivity index (χ3v) is 6.79. The van der Waals surface area contributed by atoms with E-state index in [1.165, 1.54) is 4.90 Å². The summed E-state index contributed by atoms with van der Waals surface area (Å²) in [5, 5.41) is 4.27. The zero-order valence-electron chi connectivity index (χ0n) is 17.0. The van der Waals surface area contributed by atoms with E-state index in [0.717, 1.165) is 34.4 Å². The molecule has 156 valence electrons. The highest BCUT2D eigenvalue weighted by Gasteiger charge is 2.23. The van der Waals surface area contributed by atoms with Crippen molar-refractivity contribution in [2.45, 2.75) is 31.3 Å². The van der Waals surface area contributed by atoms with E-state index in [0.29, 0.717) is 29.9 Å². The molecule has 0 fully saturated rings. The zero-order chi connectivity index (χ0) is 21.3. The van der Waals surface area contributed by atoms with Crippen molar-refractivity contribution in [2.24, 2.45) is 0 Å². The Kier molecular flexibility index (Phi) is 6.18. The van der Waals surface area contributed by atoms with E-state index < -0.39 is 0 Å². The van der Waals surface area contributed by atoms with Crippen LogP contribution < -0.4 is 10.7 Å². The number of halogens is 1. The number of carbonyl (C=O) groups excluding carboxylic acids is 1. The standard InChI is InChI=1S/C23H24ClN3O2S/c1-14-19(24)8-7-17-22(14)26-20-9-10-27(12-18(20)23(17)29)13-21(28)25-11-15-3-5-16(30-2)6-4-15/h3-8H,9-13H2,1-2H3,(H,25,28)(H,26,29). The highest BCUT2D eigenvalue weighted by atomic mass is 35.5. The Morgan fingerprint density at radius 3 is 2.73 bits per heavy atom. The molecule has 0 saturated heterocycles. The molecule has 0 spiro atoms. The average molecular weight is 442 g/mol. The topological polar surface area (TPSA) is 65.2 Å². The van der Waals surface area contributed by atoms with E-state index in [2.05, 4.69) is 22.4 Å². The van der Waals surface area contributed by atoms with Gasteiger partial charge in [-0.05, 0) is 48.6 Å². The number of amides is 1. The fraction of sp³-hybridized carbons (Fsp3) is 0.304. The number of fused-ring (bicyclic) bond motifs is 2. The molecule has 1 aliphatic heterocycles. The number of nitrogens with one attached hydrogen (secondary N) is 2. The van der Waals surface area contributed by atoms with Crippen LogP contribution in [-0.4, -0.2) is 35.1 Å². The predicted molar refractivity (Wildman–Crippen MR) is 123 cm³/mol. The quantitative estimate of drug-likeness (QED) is 0.589. The maximum absolute atomic E-state index is 13.0. The molecule has 4 rings (SSSR count). The number of pyridine rings is 1. The molecule has 5 nitrogen and oxygen atoms in total. The minimum absolute atomic E-state index is 0.0255. The normalized spacial score (nSPS) is 14.0. The number of aromatic amines is 1. The predicted octanol–water partition coefficient (Wildman–Crippen LogP) is 3.89. The van der Waals surface area contributed by atoms with E-state index in [4.69, 9.17) is 11.6 Å². The minimum Gasteiger partial charge on any atom is -0.358 e. The van der Waals surface area contributed by atoms with Crippen LogP contribution in [0.25, 0.3) is 10.9 Å². The number of hydrogen-bond acceptors (Lipinski definition) is 4. The molecule has 2 aromatic carbocycles. The lowest BCUT2D eigenvalue weighted by molar-refractivity contribution is -0.122. The minimum atomic E-state index is -0.0350. The summed E-state index contributed by atoms with van der Waals surface area (Å²) in [6, 6.07) is 11.7. The van der Waals surface area contributed by atoms with Crippen molar-refractivity contribution < 1.29 is 4.79 Å². The average Bonchev–Trinajstić information content (AvgIpc) is 2.76. The van der Waals surface area contributed by atoms with Crippen LogP contribution in [0.2, 0.25) is 5.02 Å². The summed E-state index contributed by atoms with van der Waals surface area (Å²) in [4.78, 5) is 32.1. The lowest BCUT2D eigenvalue weighted by atomic mass is 10.0. The van der Waals surface area contributed by atoms with E-state index in [1.807, 2.05) is 30.2 Å². The summed E-state index contributed by atoms with van der Waals surface area (Å²) in [6.45, 7) is 3.89. The number of nitrogens with zero attached hydrogens (tertiary/aromatic N) is 1. The Bertz CT molecular complexity index is 1160. The second kappa shape index (κ2) is 8.84. The van der Waals surface area contributed by atoms with Crippen LogP contribution in [0, 0.1) is 6.92 Å². The highest BCUT2D eigenvalue weighted by Crippen LogP contribution is 2.25. The number of aryl methyl sites for hydroxylation is 1. The van der Waals surface area contributed by atoms with Gasteiger partial charge in [-0.2, -0.15) is 0 Å². The molecular formula is C23H24ClN3O2S. The van der Waals surface area contributed by atoms with Crippen LogP contribution in [0.1, 0.15) is 22.4 Å². The van der Waals surface area contributed by atoms with E-state index in [1.54, 1.807) is 23.9 Å². The van der Waals surface area contributed by atoms with Crippen LogP contribution in [0.3, 0.4) is 0 Å². The summed E-state index contributed by atoms with van der Waals surface area (Å²) in [6.07, 6.45) is 2.74. The molecule has 2 heterocycles. The Labute approximate surface area is 184 Å². The Balaban J connectivity index is 1.43. The van der Waals surface area contributed by atoms with Gasteiger partial charge in [-0.25, -0.2) is 0 Å². The lowest BCUT2D eigenvalue weighted by Gasteiger charge is -2.28. The Hall–Kier alpha value is -2.28. The maximum Gasteiger partial charge on any atom is 0.234 e. The fourth-order valence-electron chi connectivity index (χ4n) is 3.85. The van der Waals surface area contributed by atoms with Gasteiger partial charge in [0.15, 0.2) is 5.43 Å². The first-order valence-electron chi connectivity index (χ1n) is 9.91. The van der Waals surface area contributed by atoms with Crippen molar-refractivity contribution in [1.29, 1.82) is 0 Å². The molecular weight excluding hydrogens is 418 g/mol. The third kappa shape index (κ3) is 4.26. The van der Waals surface area contributed by atoms with Crippen molar-refractivity contribution in [1.82, 2.24) is 15.2 Å². The van der Waals surface area contributed by atoms with E-state index >= 15 is 0 Å². The molecule has 0 radical (unpaired) electrons. The SMILES string of the molecule is CSc1ccc(CNC(=O)CN2CCc3[nH]c4c(C)c(Cl)ccc4c(=O)c3C2)cc1. The smallest absolute Gasteiger partial charge is 0.234 e.